The monoisotopic (exact) mass is 393 g/mol. The number of amides is 1. The van der Waals surface area contributed by atoms with E-state index in [1.54, 1.807) is 6.20 Å². The predicted octanol–water partition coefficient (Wildman–Crippen LogP) is 2.82. The molecule has 2 aromatic heterocycles. The highest BCUT2D eigenvalue weighted by atomic mass is 16.2. The molecule has 0 saturated carbocycles. The summed E-state index contributed by atoms with van der Waals surface area (Å²) < 4.78 is 3.95. The molecule has 1 saturated heterocycles. The molecule has 0 radical (unpaired) electrons. The van der Waals surface area contributed by atoms with E-state index in [2.05, 4.69) is 44.3 Å². The van der Waals surface area contributed by atoms with Crippen LogP contribution < -0.4 is 10.6 Å². The molecule has 29 heavy (non-hydrogen) atoms. The first-order valence-corrected chi connectivity index (χ1v) is 10.1. The van der Waals surface area contributed by atoms with Crippen molar-refractivity contribution in [2.75, 3.05) is 18.4 Å². The van der Waals surface area contributed by atoms with E-state index in [4.69, 9.17) is 0 Å². The number of rotatable bonds is 6. The zero-order valence-corrected chi connectivity index (χ0v) is 16.9. The lowest BCUT2D eigenvalue weighted by molar-refractivity contribution is 0.102. The van der Waals surface area contributed by atoms with Gasteiger partial charge in [0.25, 0.3) is 5.91 Å². The van der Waals surface area contributed by atoms with Gasteiger partial charge < -0.3 is 15.2 Å². The standard InChI is InChI=1S/C21H27N7O/c1-15(2)20-23-10-11-27(20)13-16-4-3-5-17(12-16)24-21(29)19-14-28(26-25-19)18-6-8-22-9-7-18/h3-5,10-12,14-15,18,22H,6-9,13H2,1-2H3,(H,24,29). The second kappa shape index (κ2) is 8.57. The molecular formula is C21H27N7O. The number of aromatic nitrogens is 5. The summed E-state index contributed by atoms with van der Waals surface area (Å²) in [6.07, 6.45) is 7.56. The molecule has 0 unspecified atom stereocenters. The average molecular weight is 393 g/mol. The smallest absolute Gasteiger partial charge is 0.277 e. The molecule has 152 valence electrons. The minimum Gasteiger partial charge on any atom is -0.330 e. The highest BCUT2D eigenvalue weighted by molar-refractivity contribution is 6.02. The van der Waals surface area contributed by atoms with Crippen molar-refractivity contribution < 1.29 is 4.79 Å². The van der Waals surface area contributed by atoms with Gasteiger partial charge in [0.1, 0.15) is 5.82 Å². The van der Waals surface area contributed by atoms with Gasteiger partial charge in [0.2, 0.25) is 0 Å². The summed E-state index contributed by atoms with van der Waals surface area (Å²) in [5, 5.41) is 14.5. The molecule has 4 rings (SSSR count). The second-order valence-electron chi connectivity index (χ2n) is 7.79. The summed E-state index contributed by atoms with van der Waals surface area (Å²) in [6.45, 7) is 6.91. The zero-order valence-electron chi connectivity index (χ0n) is 16.9. The van der Waals surface area contributed by atoms with Crippen molar-refractivity contribution >= 4 is 11.6 Å². The summed E-state index contributed by atoms with van der Waals surface area (Å²) in [5.74, 6) is 1.16. The number of hydrogen-bond donors (Lipinski definition) is 2. The van der Waals surface area contributed by atoms with Crippen LogP contribution in [0.5, 0.6) is 0 Å². The third-order valence-corrected chi connectivity index (χ3v) is 5.23. The van der Waals surface area contributed by atoms with Gasteiger partial charge in [0.15, 0.2) is 5.69 Å². The summed E-state index contributed by atoms with van der Waals surface area (Å²) in [6, 6.07) is 8.17. The fourth-order valence-electron chi connectivity index (χ4n) is 3.72. The molecule has 1 aliphatic rings. The van der Waals surface area contributed by atoms with E-state index in [0.29, 0.717) is 24.2 Å². The Hall–Kier alpha value is -3.00. The lowest BCUT2D eigenvalue weighted by Crippen LogP contribution is -2.29. The quantitative estimate of drug-likeness (QED) is 0.672. The van der Waals surface area contributed by atoms with E-state index in [1.807, 2.05) is 41.3 Å². The third-order valence-electron chi connectivity index (χ3n) is 5.23. The van der Waals surface area contributed by atoms with Gasteiger partial charge in [-0.25, -0.2) is 9.67 Å². The van der Waals surface area contributed by atoms with Gasteiger partial charge in [-0.3, -0.25) is 4.79 Å². The van der Waals surface area contributed by atoms with Crippen LogP contribution >= 0.6 is 0 Å². The number of nitrogens with one attached hydrogen (secondary N) is 2. The highest BCUT2D eigenvalue weighted by Crippen LogP contribution is 2.19. The predicted molar refractivity (Wildman–Crippen MR) is 111 cm³/mol. The lowest BCUT2D eigenvalue weighted by atomic mass is 10.1. The Balaban J connectivity index is 1.43. The Morgan fingerprint density at radius 1 is 1.31 bits per heavy atom. The normalized spacial score (nSPS) is 15.0. The molecule has 1 aliphatic heterocycles. The van der Waals surface area contributed by atoms with Crippen LogP contribution in [-0.2, 0) is 6.54 Å². The van der Waals surface area contributed by atoms with Crippen LogP contribution in [-0.4, -0.2) is 43.5 Å². The van der Waals surface area contributed by atoms with E-state index in [-0.39, 0.29) is 5.91 Å². The maximum atomic E-state index is 12.6. The Kier molecular flexibility index (Phi) is 5.71. The van der Waals surface area contributed by atoms with Crippen molar-refractivity contribution in [2.45, 2.75) is 45.2 Å². The largest absolute Gasteiger partial charge is 0.330 e. The van der Waals surface area contributed by atoms with Gasteiger partial charge in [-0.15, -0.1) is 5.10 Å². The minimum atomic E-state index is -0.243. The van der Waals surface area contributed by atoms with Crippen molar-refractivity contribution in [3.63, 3.8) is 0 Å². The number of hydrogen-bond acceptors (Lipinski definition) is 5. The number of imidazole rings is 1. The maximum Gasteiger partial charge on any atom is 0.277 e. The molecule has 1 amide bonds. The van der Waals surface area contributed by atoms with Crippen LogP contribution in [0.4, 0.5) is 5.69 Å². The Morgan fingerprint density at radius 3 is 2.93 bits per heavy atom. The molecule has 0 atom stereocenters. The van der Waals surface area contributed by atoms with Crippen LogP contribution in [0.2, 0.25) is 0 Å². The van der Waals surface area contributed by atoms with E-state index in [0.717, 1.165) is 43.0 Å². The Morgan fingerprint density at radius 2 is 2.14 bits per heavy atom. The number of nitrogens with zero attached hydrogens (tertiary/aromatic N) is 5. The van der Waals surface area contributed by atoms with Gasteiger partial charge in [-0.05, 0) is 43.6 Å². The molecule has 8 heteroatoms. The number of benzene rings is 1. The number of carbonyl (C=O) groups excluding carboxylic acids is 1. The van der Waals surface area contributed by atoms with Gasteiger partial charge in [-0.2, -0.15) is 0 Å². The SMILES string of the molecule is CC(C)c1nccn1Cc1cccc(NC(=O)c2cn(C3CCNCC3)nn2)c1. The van der Waals surface area contributed by atoms with Crippen LogP contribution in [0.25, 0.3) is 0 Å². The molecule has 3 aromatic rings. The van der Waals surface area contributed by atoms with E-state index in [9.17, 15) is 4.79 Å². The second-order valence-corrected chi connectivity index (χ2v) is 7.79. The van der Waals surface area contributed by atoms with E-state index in [1.165, 1.54) is 0 Å². The molecule has 1 fully saturated rings. The summed E-state index contributed by atoms with van der Waals surface area (Å²) in [7, 11) is 0. The number of carbonyl (C=O) groups is 1. The average Bonchev–Trinajstić information content (AvgIpc) is 3.39. The highest BCUT2D eigenvalue weighted by Gasteiger charge is 2.19. The Bertz CT molecular complexity index is 969. The molecule has 0 bridgehead atoms. The fraction of sp³-hybridized carbons (Fsp3) is 0.429. The molecule has 1 aromatic carbocycles. The van der Waals surface area contributed by atoms with E-state index >= 15 is 0 Å². The summed E-state index contributed by atoms with van der Waals surface area (Å²) >= 11 is 0. The van der Waals surface area contributed by atoms with Gasteiger partial charge in [-0.1, -0.05) is 31.2 Å². The third kappa shape index (κ3) is 4.54. The molecular weight excluding hydrogens is 366 g/mol. The molecule has 2 N–H and O–H groups in total. The van der Waals surface area contributed by atoms with Crippen molar-refractivity contribution in [3.05, 3.63) is 59.9 Å². The van der Waals surface area contributed by atoms with E-state index < -0.39 is 0 Å². The first kappa shape index (κ1) is 19.3. The molecule has 0 aliphatic carbocycles. The van der Waals surface area contributed by atoms with Crippen LogP contribution in [0.3, 0.4) is 0 Å². The van der Waals surface area contributed by atoms with Crippen molar-refractivity contribution in [1.29, 1.82) is 0 Å². The zero-order chi connectivity index (χ0) is 20.2. The first-order chi connectivity index (χ1) is 14.1. The first-order valence-electron chi connectivity index (χ1n) is 10.1. The van der Waals surface area contributed by atoms with Crippen LogP contribution in [0.1, 0.15) is 60.5 Å². The fourth-order valence-corrected chi connectivity index (χ4v) is 3.72. The van der Waals surface area contributed by atoms with Gasteiger partial charge in [0, 0.05) is 30.5 Å². The molecule has 3 heterocycles. The van der Waals surface area contributed by atoms with Crippen LogP contribution in [0, 0.1) is 0 Å². The number of piperidine rings is 1. The maximum absolute atomic E-state index is 12.6. The summed E-state index contributed by atoms with van der Waals surface area (Å²) in [4.78, 5) is 17.1. The van der Waals surface area contributed by atoms with Crippen molar-refractivity contribution in [2.24, 2.45) is 0 Å². The van der Waals surface area contributed by atoms with Gasteiger partial charge in [0.05, 0.1) is 12.2 Å². The number of anilines is 1. The minimum absolute atomic E-state index is 0.243. The molecule has 8 nitrogen and oxygen atoms in total. The molecule has 0 spiro atoms. The van der Waals surface area contributed by atoms with Crippen molar-refractivity contribution in [1.82, 2.24) is 29.9 Å². The van der Waals surface area contributed by atoms with Crippen LogP contribution in [0.15, 0.2) is 42.9 Å². The topological polar surface area (TPSA) is 89.7 Å². The van der Waals surface area contributed by atoms with Gasteiger partial charge >= 0.3 is 0 Å². The lowest BCUT2D eigenvalue weighted by Gasteiger charge is -2.22. The summed E-state index contributed by atoms with van der Waals surface area (Å²) in [5.41, 5.74) is 2.18. The Labute approximate surface area is 170 Å². The van der Waals surface area contributed by atoms with Crippen molar-refractivity contribution in [3.8, 4) is 0 Å².